The molecule has 8 unspecified atom stereocenters. The van der Waals surface area contributed by atoms with Gasteiger partial charge in [-0.25, -0.2) is 44.3 Å². The highest BCUT2D eigenvalue weighted by Gasteiger charge is 2.71. The zero-order valence-corrected chi connectivity index (χ0v) is 101. The largest absolute Gasteiger partial charge is 0.480 e. The maximum Gasteiger partial charge on any atom is 0.411 e. The van der Waals surface area contributed by atoms with Gasteiger partial charge in [-0.2, -0.15) is 13.5 Å². The van der Waals surface area contributed by atoms with Gasteiger partial charge >= 0.3 is 24.2 Å². The molecule has 14 N–H and O–H groups in total. The summed E-state index contributed by atoms with van der Waals surface area (Å²) in [5, 5.41) is 34.1. The number of anilines is 5. The van der Waals surface area contributed by atoms with E-state index in [1.165, 1.54) is 67.5 Å². The molecule has 5 aromatic heterocycles. The first-order chi connectivity index (χ1) is 68.7. The molecule has 4 aliphatic carbocycles. The van der Waals surface area contributed by atoms with Gasteiger partial charge in [0.15, 0.2) is 5.78 Å². The first-order valence-corrected chi connectivity index (χ1v) is 61.0. The fraction of sp³-hybridized carbons (Fsp3) is 0.473. The van der Waals surface area contributed by atoms with Gasteiger partial charge in [-0.3, -0.25) is 75.1 Å². The van der Waals surface area contributed by atoms with Gasteiger partial charge in [-0.05, 0) is 291 Å². The number of hydrogen-bond acceptors (Lipinski definition) is 36. The van der Waals surface area contributed by atoms with Crippen LogP contribution in [0, 0.1) is 34.0 Å². The van der Waals surface area contributed by atoms with Crippen molar-refractivity contribution in [1.29, 1.82) is 5.41 Å². The zero-order chi connectivity index (χ0) is 109. The molecule has 0 radical (unpaired) electrons. The van der Waals surface area contributed by atoms with Crippen LogP contribution in [0.15, 0.2) is 146 Å². The summed E-state index contributed by atoms with van der Waals surface area (Å²) in [7, 11) is 15.4. The Morgan fingerprint density at radius 1 is 0.517 bits per heavy atom. The van der Waals surface area contributed by atoms with E-state index in [0.29, 0.717) is 109 Å². The summed E-state index contributed by atoms with van der Waals surface area (Å²) in [6.07, 6.45) is 7.73. The number of aryl methyl sites for hydroxylation is 1. The van der Waals surface area contributed by atoms with Crippen molar-refractivity contribution in [2.45, 2.75) is 193 Å². The highest BCUT2D eigenvalue weighted by molar-refractivity contribution is 9.11. The number of nitrogens with zero attached hydrogens (tertiary/aromatic N) is 12. The van der Waals surface area contributed by atoms with Gasteiger partial charge in [0.25, 0.3) is 11.8 Å². The molecule has 37 nitrogen and oxygen atoms in total. The predicted molar refractivity (Wildman–Crippen MR) is 622 cm³/mol. The highest BCUT2D eigenvalue weighted by atomic mass is 79.9. The molecule has 56 heteroatoms. The number of imide groups is 1. The number of piperidine rings is 4. The summed E-state index contributed by atoms with van der Waals surface area (Å²) in [6, 6.07) is 31.1. The number of carbonyl (C=O) groups excluding carboxylic acids is 10. The number of fused-ring (bicyclic) bond motifs is 5. The fourth-order valence-electron chi connectivity index (χ4n) is 17.7. The summed E-state index contributed by atoms with van der Waals surface area (Å²) in [4.78, 5) is 174. The van der Waals surface area contributed by atoms with E-state index in [1.807, 2.05) is 67.8 Å². The molecular weight excluding hydrogens is 2440 g/mol. The molecule has 0 spiro atoms. The van der Waals surface area contributed by atoms with Crippen LogP contribution in [-0.4, -0.2) is 262 Å². The van der Waals surface area contributed by atoms with Gasteiger partial charge in [0.05, 0.1) is 17.2 Å². The Balaban J connectivity index is 0.000000272. The van der Waals surface area contributed by atoms with Gasteiger partial charge in [-0.1, -0.05) is 42.5 Å². The number of aromatic nitrogens is 6. The van der Waals surface area contributed by atoms with Crippen LogP contribution in [-0.2, 0) is 186 Å². The van der Waals surface area contributed by atoms with E-state index in [-0.39, 0.29) is 96.8 Å². The number of carbonyl (C=O) groups is 11. The Morgan fingerprint density at radius 2 is 0.878 bits per heavy atom. The molecule has 9 aliphatic rings. The average Bonchev–Trinajstić information content (AvgIpc) is 1.55. The van der Waals surface area contributed by atoms with E-state index >= 15 is 0 Å². The maximum atomic E-state index is 13.3. The number of pyridine rings is 4. The number of carboxylic acids is 1. The van der Waals surface area contributed by atoms with Gasteiger partial charge in [-0.15, -0.1) is 0 Å². The van der Waals surface area contributed by atoms with Crippen molar-refractivity contribution in [3.63, 3.8) is 0 Å². The zero-order valence-electron chi connectivity index (χ0n) is 82.4. The van der Waals surface area contributed by atoms with Crippen molar-refractivity contribution >= 4 is 320 Å². The number of rotatable bonds is 21. The third kappa shape index (κ3) is 37.3. The van der Waals surface area contributed by atoms with Crippen LogP contribution in [0.2, 0.25) is 0 Å². The Bertz CT molecular complexity index is 6180. The number of nitrogens with two attached hydrogens (primary N) is 3. The van der Waals surface area contributed by atoms with Gasteiger partial charge in [0.2, 0.25) is 23.6 Å². The number of ether oxygens (including phenoxy) is 3. The lowest BCUT2D eigenvalue weighted by molar-refractivity contribution is -0.135. The first kappa shape index (κ1) is 128. The number of likely N-dealkylation sites (tertiary alicyclic amines) is 3. The van der Waals surface area contributed by atoms with Crippen molar-refractivity contribution in [3.05, 3.63) is 169 Å². The Morgan fingerprint density at radius 3 is 1.23 bits per heavy atom. The summed E-state index contributed by atoms with van der Waals surface area (Å²) in [5.74, 6) is 7.49. The van der Waals surface area contributed by atoms with E-state index in [2.05, 4.69) is 251 Å². The van der Waals surface area contributed by atoms with Crippen LogP contribution in [0.5, 0.6) is 0 Å². The number of Topliss-reactive ketones (excluding diaryl/α,β-unsaturated/α-hetero) is 1. The molecule has 5 aliphatic heterocycles. The van der Waals surface area contributed by atoms with Crippen molar-refractivity contribution < 1.29 is 72.1 Å². The second-order valence-corrected chi connectivity index (χ2v) is 52.1. The number of halogens is 4. The average molecular weight is 2560 g/mol. The summed E-state index contributed by atoms with van der Waals surface area (Å²) in [5.41, 5.74) is 6.31. The minimum atomic E-state index is -1.03. The molecule has 9 amide bonds. The third-order valence-corrected chi connectivity index (χ3v) is 32.1. The van der Waals surface area contributed by atoms with Crippen LogP contribution in [0.3, 0.4) is 0 Å². The Kier molecular flexibility index (Phi) is 50.7. The number of carboxylic acid groups (broad SMARTS) is 1. The van der Waals surface area contributed by atoms with Crippen molar-refractivity contribution in [3.8, 4) is 11.1 Å². The third-order valence-electron chi connectivity index (χ3n) is 23.6. The van der Waals surface area contributed by atoms with Crippen LogP contribution < -0.4 is 49.3 Å². The molecule has 4 saturated carbocycles. The Labute approximate surface area is 951 Å². The summed E-state index contributed by atoms with van der Waals surface area (Å²) < 4.78 is 19.3. The van der Waals surface area contributed by atoms with Gasteiger partial charge < -0.3 is 66.8 Å². The molecule has 4 saturated heterocycles. The molecular formula is C91H116Br4N22O15S15. The number of aliphatic carboxylic acids is 1. The minimum Gasteiger partial charge on any atom is -0.480 e. The van der Waals surface area contributed by atoms with Gasteiger partial charge in [0, 0.05) is 251 Å². The lowest BCUT2D eigenvalue weighted by Gasteiger charge is -2.29. The van der Waals surface area contributed by atoms with Crippen LogP contribution in [0.4, 0.5) is 43.3 Å². The molecule has 10 heterocycles. The second kappa shape index (κ2) is 58.1. The maximum absolute atomic E-state index is 13.3. The van der Waals surface area contributed by atoms with Crippen LogP contribution in [0.25, 0.3) is 11.1 Å². The SMILES string of the molecule is CC(=O)C(=N)c1cc(-c2cnc(C)nc2)ccc1NCC(=O)O.CC(C)(C)OC(=O)N1C2CC2(CN)C[C@H]1C(=O)Nc1cccc(Br)n1.CC(C)(C)OC(=O)N1C2CC2(CN2C(=O)c3ccccc3C2=O)C[C@H]1C(=O)Nc1cccc(Br)n1.CN(C)CC12CC1N(C(=O)OC(C)(C)C)[C@H](C(=O)Nc1cccc(Br)n1)C2.CN(C)CC12CC1N[C@H](C(=O)Nc1cccc(Br)n1)C2.NN.S.S=S.S=S=S.S=S=S=S.S=S=S=S=S. The lowest BCUT2D eigenvalue weighted by atomic mass is 9.98. The lowest BCUT2D eigenvalue weighted by Crippen LogP contribution is -2.47. The molecule has 2 aromatic carbocycles. The molecule has 8 fully saturated rings. The number of nitrogens with one attached hydrogen (secondary N) is 7. The predicted octanol–water partition coefficient (Wildman–Crippen LogP) is 11.7. The van der Waals surface area contributed by atoms with E-state index in [0.717, 1.165) is 57.0 Å². The molecule has 147 heavy (non-hydrogen) atoms. The number of benzene rings is 2. The summed E-state index contributed by atoms with van der Waals surface area (Å²) in [6.45, 7) is 21.5. The van der Waals surface area contributed by atoms with Gasteiger partial charge in [0.1, 0.15) is 94.7 Å². The number of ketones is 1. The van der Waals surface area contributed by atoms with Crippen molar-refractivity contribution in [2.75, 3.05) is 87.5 Å². The van der Waals surface area contributed by atoms with E-state index in [1.54, 1.807) is 153 Å². The standard InChI is InChI=1S/C25H25BrN4O5.C19H27BrN4O3.C17H23BrN4O3.C16H16N4O3.C14H19BrN4O.H4N2.S5.S4.S3.S2.H2S/c1-24(2,3)35-23(34)30-16(20(31)28-19-10-6-9-18(26)27-19)11-25(12-17(25)30)13-29-21(32)14-7-4-5-8-15(14)22(29)33;1-18(2,3)27-17(26)24-12(9-19(10-13(19)24)11-23(4)5)16(25)22-15-8-6-7-14(20)21-15;1-16(2,3)25-15(24)22-10(7-17(9-19)8-11(17)22)14(23)21-13-6-4-5-12(18)20-13;1-9(21)16(17)13-5-11(12-6-18-10(2)19-7-12)3-4-14(13)20-8-15(22)23;1-19(2)8-14-6-9(16-10(14)7-14)13(20)18-12-5-3-4-11(15)17-12;1-2;1-3-5-4-2;1-3-4-2;1-3-2;1-2;/h4-10,16-17H,11-13H2,1-3H3,(H,27,28,31);6-8,12-13H,9-11H2,1-5H3,(H,21,22,25);4-6,10-11H,7-9,19H2,1-3H3,(H,20,21,23);3-7,17,20H,8H2,1-2H3,(H,22,23);3-5,9-10,16H,6-8H2,1-2H3,(H,17,18,20);1-2H2;;;;;1H2/t16-,17?,25?;12-,13?,19?;10-,11?,17?;;9-,10?,14?;;;;;;/m000.0....../s1. The highest BCUT2D eigenvalue weighted by Crippen LogP contribution is 2.63. The molecule has 798 valence electrons. The van der Waals surface area contributed by atoms with Crippen LogP contribution >= 0.6 is 77.2 Å². The normalized spacial score (nSPS) is 21.8. The van der Waals surface area contributed by atoms with Crippen molar-refractivity contribution in [2.24, 2.45) is 39.1 Å². The monoisotopic (exact) mass is 2550 g/mol. The quantitative estimate of drug-likeness (QED) is 0.00795. The Hall–Kier alpha value is -7.33. The molecule has 12 atom stereocenters. The minimum absolute atomic E-state index is 0. The van der Waals surface area contributed by atoms with Crippen molar-refractivity contribution in [1.82, 2.24) is 64.6 Å². The molecule has 0 bridgehead atoms. The molecule has 7 aromatic rings. The smallest absolute Gasteiger partial charge is 0.411 e. The first-order valence-electron chi connectivity index (χ1n) is 44.5. The number of hydrogen-bond donors (Lipinski definition) is 11. The molecule has 16 rings (SSSR count). The topological polar surface area (TPSA) is 507 Å². The fourth-order valence-corrected chi connectivity index (χ4v) is 21.8. The summed E-state index contributed by atoms with van der Waals surface area (Å²) >= 11 is 46.3. The van der Waals surface area contributed by atoms with E-state index in [4.69, 9.17) is 30.5 Å². The van der Waals surface area contributed by atoms with E-state index in [9.17, 15) is 52.7 Å². The second-order valence-electron chi connectivity index (χ2n) is 38.2. The number of amides is 9. The van der Waals surface area contributed by atoms with Crippen LogP contribution in [0.1, 0.15) is 153 Å². The number of hydrazine groups is 1. The van der Waals surface area contributed by atoms with E-state index < -0.39 is 76.3 Å².